The van der Waals surface area contributed by atoms with Gasteiger partial charge in [-0.25, -0.2) is 14.6 Å². The van der Waals surface area contributed by atoms with Crippen LogP contribution in [0.2, 0.25) is 0 Å². The van der Waals surface area contributed by atoms with Gasteiger partial charge in [0.15, 0.2) is 6.61 Å². The van der Waals surface area contributed by atoms with E-state index in [9.17, 15) is 18.8 Å². The highest BCUT2D eigenvalue weighted by molar-refractivity contribution is 5.93. The van der Waals surface area contributed by atoms with Crippen molar-refractivity contribution in [1.82, 2.24) is 5.43 Å². The molecule has 0 aliphatic rings. The molecular weight excluding hydrogens is 393 g/mol. The number of benzene rings is 2. The number of halogens is 1. The third-order valence-electron chi connectivity index (χ3n) is 3.63. The summed E-state index contributed by atoms with van der Waals surface area (Å²) in [6.07, 6.45) is 1.30. The second-order valence-corrected chi connectivity index (χ2v) is 6.01. The lowest BCUT2D eigenvalue weighted by atomic mass is 10.2. The normalized spacial score (nSPS) is 10.5. The van der Waals surface area contributed by atoms with Gasteiger partial charge in [0, 0.05) is 18.5 Å². The number of amides is 2. The maximum atomic E-state index is 12.8. The largest absolute Gasteiger partial charge is 0.482 e. The molecule has 0 aliphatic heterocycles. The molecule has 0 bridgehead atoms. The molecule has 0 aliphatic carbocycles. The molecule has 0 saturated heterocycles. The van der Waals surface area contributed by atoms with Gasteiger partial charge in [-0.05, 0) is 48.9 Å². The zero-order chi connectivity index (χ0) is 21.8. The topological polar surface area (TPSA) is 106 Å². The van der Waals surface area contributed by atoms with Crippen LogP contribution in [0.4, 0.5) is 10.1 Å². The average molecular weight is 415 g/mol. The summed E-state index contributed by atoms with van der Waals surface area (Å²) in [6.45, 7) is 1.79. The number of hydrogen-bond donors (Lipinski definition) is 2. The number of anilines is 1. The minimum atomic E-state index is -0.465. The van der Waals surface area contributed by atoms with Crippen molar-refractivity contribution in [3.63, 3.8) is 0 Å². The van der Waals surface area contributed by atoms with Crippen molar-refractivity contribution in [2.24, 2.45) is 5.10 Å². The molecule has 2 amide bonds. The Kier molecular flexibility index (Phi) is 8.98. The van der Waals surface area contributed by atoms with E-state index in [-0.39, 0.29) is 32.0 Å². The highest BCUT2D eigenvalue weighted by Crippen LogP contribution is 2.12. The lowest BCUT2D eigenvalue weighted by Gasteiger charge is -2.06. The first-order valence-electron chi connectivity index (χ1n) is 9.22. The molecule has 0 heterocycles. The van der Waals surface area contributed by atoms with E-state index in [2.05, 4.69) is 15.8 Å². The molecule has 0 radical (unpaired) electrons. The summed E-state index contributed by atoms with van der Waals surface area (Å²) in [4.78, 5) is 34.9. The Labute approximate surface area is 173 Å². The van der Waals surface area contributed by atoms with E-state index in [0.717, 1.165) is 0 Å². The molecule has 30 heavy (non-hydrogen) atoms. The van der Waals surface area contributed by atoms with Gasteiger partial charge >= 0.3 is 5.97 Å². The first-order chi connectivity index (χ1) is 14.5. The lowest BCUT2D eigenvalue weighted by Crippen LogP contribution is -2.20. The average Bonchev–Trinajstić information content (AvgIpc) is 2.73. The van der Waals surface area contributed by atoms with Crippen molar-refractivity contribution in [1.29, 1.82) is 0 Å². The Morgan fingerprint density at radius 3 is 2.53 bits per heavy atom. The Hall–Kier alpha value is -3.75. The highest BCUT2D eigenvalue weighted by atomic mass is 19.1. The van der Waals surface area contributed by atoms with Crippen LogP contribution in [0.25, 0.3) is 0 Å². The third-order valence-corrected chi connectivity index (χ3v) is 3.63. The van der Waals surface area contributed by atoms with Crippen LogP contribution < -0.4 is 15.5 Å². The number of nitrogens with one attached hydrogen (secondary N) is 2. The van der Waals surface area contributed by atoms with E-state index in [1.165, 1.54) is 30.5 Å². The summed E-state index contributed by atoms with van der Waals surface area (Å²) >= 11 is 0. The molecule has 2 aromatic rings. The molecular formula is C21H22FN3O5. The Bertz CT molecular complexity index is 900. The Morgan fingerprint density at radius 2 is 1.80 bits per heavy atom. The Morgan fingerprint density at radius 1 is 1.07 bits per heavy atom. The Balaban J connectivity index is 1.73. The molecule has 2 rings (SSSR count). The number of rotatable bonds is 10. The number of carbonyl (C=O) groups excluding carboxylic acids is 3. The van der Waals surface area contributed by atoms with Gasteiger partial charge < -0.3 is 14.8 Å². The summed E-state index contributed by atoms with van der Waals surface area (Å²) in [7, 11) is 0. The van der Waals surface area contributed by atoms with Crippen LogP contribution in [-0.2, 0) is 19.1 Å². The molecule has 158 valence electrons. The van der Waals surface area contributed by atoms with E-state index in [1.54, 1.807) is 31.2 Å². The monoisotopic (exact) mass is 415 g/mol. The van der Waals surface area contributed by atoms with Gasteiger partial charge in [-0.3, -0.25) is 9.59 Å². The van der Waals surface area contributed by atoms with Crippen molar-refractivity contribution >= 4 is 29.7 Å². The number of carbonyl (C=O) groups is 3. The van der Waals surface area contributed by atoms with Gasteiger partial charge in [0.25, 0.3) is 0 Å². The SMILES string of the molecule is CCOC(=O)COc1cccc(C=NNC(=O)CCC(=O)Nc2ccc(F)cc2)c1. The third kappa shape index (κ3) is 8.51. The van der Waals surface area contributed by atoms with Crippen LogP contribution in [0.5, 0.6) is 5.75 Å². The summed E-state index contributed by atoms with van der Waals surface area (Å²) in [6, 6.07) is 12.1. The second-order valence-electron chi connectivity index (χ2n) is 6.01. The van der Waals surface area contributed by atoms with Crippen molar-refractivity contribution in [3.8, 4) is 5.75 Å². The minimum Gasteiger partial charge on any atom is -0.482 e. The van der Waals surface area contributed by atoms with Crippen molar-refractivity contribution in [3.05, 3.63) is 59.9 Å². The molecule has 8 nitrogen and oxygen atoms in total. The first kappa shape index (κ1) is 22.5. The molecule has 0 spiro atoms. The summed E-state index contributed by atoms with van der Waals surface area (Å²) in [5.74, 6) is -1.22. The zero-order valence-electron chi connectivity index (χ0n) is 16.4. The minimum absolute atomic E-state index is 0.0457. The summed E-state index contributed by atoms with van der Waals surface area (Å²) in [5.41, 5.74) is 3.42. The smallest absolute Gasteiger partial charge is 0.344 e. The molecule has 2 aromatic carbocycles. The van der Waals surface area contributed by atoms with Gasteiger partial charge in [-0.1, -0.05) is 12.1 Å². The van der Waals surface area contributed by atoms with Crippen molar-refractivity contribution in [2.45, 2.75) is 19.8 Å². The lowest BCUT2D eigenvalue weighted by molar-refractivity contribution is -0.145. The predicted octanol–water partition coefficient (Wildman–Crippen LogP) is 2.64. The molecule has 0 saturated carbocycles. The van der Waals surface area contributed by atoms with Gasteiger partial charge in [-0.15, -0.1) is 0 Å². The number of ether oxygens (including phenoxy) is 2. The molecule has 9 heteroatoms. The summed E-state index contributed by atoms with van der Waals surface area (Å²) in [5, 5.41) is 6.40. The predicted molar refractivity (Wildman–Crippen MR) is 109 cm³/mol. The fraction of sp³-hybridized carbons (Fsp3) is 0.238. The van der Waals surface area contributed by atoms with E-state index in [1.807, 2.05) is 0 Å². The van der Waals surface area contributed by atoms with Crippen LogP contribution in [0.1, 0.15) is 25.3 Å². The molecule has 0 atom stereocenters. The number of hydrogen-bond acceptors (Lipinski definition) is 6. The highest BCUT2D eigenvalue weighted by Gasteiger charge is 2.07. The fourth-order valence-corrected chi connectivity index (χ4v) is 2.25. The summed E-state index contributed by atoms with van der Waals surface area (Å²) < 4.78 is 22.9. The van der Waals surface area contributed by atoms with Crippen LogP contribution >= 0.6 is 0 Å². The quantitative estimate of drug-likeness (QED) is 0.353. The maximum Gasteiger partial charge on any atom is 0.344 e. The van der Waals surface area contributed by atoms with E-state index in [0.29, 0.717) is 17.0 Å². The van der Waals surface area contributed by atoms with Crippen LogP contribution in [-0.4, -0.2) is 37.2 Å². The van der Waals surface area contributed by atoms with E-state index < -0.39 is 17.7 Å². The maximum absolute atomic E-state index is 12.8. The van der Waals surface area contributed by atoms with E-state index >= 15 is 0 Å². The molecule has 2 N–H and O–H groups in total. The molecule has 0 fully saturated rings. The van der Waals surface area contributed by atoms with Gasteiger partial charge in [0.05, 0.1) is 12.8 Å². The van der Waals surface area contributed by atoms with Gasteiger partial charge in [0.2, 0.25) is 11.8 Å². The number of hydrazone groups is 1. The van der Waals surface area contributed by atoms with Gasteiger partial charge in [0.1, 0.15) is 11.6 Å². The van der Waals surface area contributed by atoms with Crippen molar-refractivity contribution in [2.75, 3.05) is 18.5 Å². The van der Waals surface area contributed by atoms with Gasteiger partial charge in [-0.2, -0.15) is 5.10 Å². The number of nitrogens with zero attached hydrogens (tertiary/aromatic N) is 1. The van der Waals surface area contributed by atoms with Crippen molar-refractivity contribution < 1.29 is 28.2 Å². The fourth-order valence-electron chi connectivity index (χ4n) is 2.25. The van der Waals surface area contributed by atoms with Crippen LogP contribution in [0.3, 0.4) is 0 Å². The van der Waals surface area contributed by atoms with Crippen LogP contribution in [0, 0.1) is 5.82 Å². The first-order valence-corrected chi connectivity index (χ1v) is 9.22. The molecule has 0 unspecified atom stereocenters. The van der Waals surface area contributed by atoms with Crippen LogP contribution in [0.15, 0.2) is 53.6 Å². The van der Waals surface area contributed by atoms with E-state index in [4.69, 9.17) is 9.47 Å². The zero-order valence-corrected chi connectivity index (χ0v) is 16.4. The molecule has 0 aromatic heterocycles. The number of esters is 1. The second kappa shape index (κ2) is 11.9. The standard InChI is InChI=1S/C21H22FN3O5/c1-2-29-21(28)14-30-18-5-3-4-15(12-18)13-23-25-20(27)11-10-19(26)24-17-8-6-16(22)7-9-17/h3-9,12-13H,2,10-11,14H2,1H3,(H,24,26)(H,25,27).